The molecule has 0 atom stereocenters. The number of aromatic nitrogens is 6. The van der Waals surface area contributed by atoms with E-state index in [4.69, 9.17) is 0 Å². The summed E-state index contributed by atoms with van der Waals surface area (Å²) in [6, 6.07) is 3.66. The van der Waals surface area contributed by atoms with Gasteiger partial charge in [0.1, 0.15) is 12.1 Å². The molecule has 1 saturated heterocycles. The lowest BCUT2D eigenvalue weighted by Gasteiger charge is -2.36. The minimum Gasteiger partial charge on any atom is -0.367 e. The Labute approximate surface area is 138 Å². The molecule has 1 aliphatic heterocycles. The van der Waals surface area contributed by atoms with Crippen LogP contribution in [0.4, 0.5) is 11.5 Å². The normalized spacial score (nSPS) is 15.2. The molecule has 4 rings (SSSR count). The van der Waals surface area contributed by atoms with Gasteiger partial charge in [-0.3, -0.25) is 4.79 Å². The Morgan fingerprint density at radius 2 is 1.79 bits per heavy atom. The summed E-state index contributed by atoms with van der Waals surface area (Å²) in [7, 11) is 1.65. The second-order valence-electron chi connectivity index (χ2n) is 5.88. The molecule has 0 aromatic carbocycles. The van der Waals surface area contributed by atoms with Gasteiger partial charge >= 0.3 is 0 Å². The summed E-state index contributed by atoms with van der Waals surface area (Å²) >= 11 is 0. The molecule has 0 N–H and O–H groups in total. The average Bonchev–Trinajstić information content (AvgIpc) is 3.05. The molecule has 0 unspecified atom stereocenters. The van der Waals surface area contributed by atoms with Crippen molar-refractivity contribution in [3.05, 3.63) is 40.7 Å². The van der Waals surface area contributed by atoms with Gasteiger partial charge in [-0.25, -0.2) is 9.67 Å². The third-order valence-electron chi connectivity index (χ3n) is 4.28. The van der Waals surface area contributed by atoms with Crippen molar-refractivity contribution >= 4 is 17.3 Å². The highest BCUT2D eigenvalue weighted by atomic mass is 16.1. The van der Waals surface area contributed by atoms with Gasteiger partial charge in [-0.15, -0.1) is 0 Å². The van der Waals surface area contributed by atoms with Gasteiger partial charge < -0.3 is 9.80 Å². The van der Waals surface area contributed by atoms with Gasteiger partial charge in [0.2, 0.25) is 0 Å². The Kier molecular flexibility index (Phi) is 3.40. The first-order valence-corrected chi connectivity index (χ1v) is 7.82. The topological polar surface area (TPSA) is 84.5 Å². The molecule has 3 aromatic heterocycles. The minimum absolute atomic E-state index is 0.0935. The standard InChI is InChI=1S/C15H18N8O/c1-11-7-13(23-15(19-11)16-10-18-23)22-5-3-21(4-6-22)12-8-14(24)20(2)17-9-12/h7-10H,3-6H2,1-2H3. The van der Waals surface area contributed by atoms with E-state index >= 15 is 0 Å². The first-order valence-electron chi connectivity index (χ1n) is 7.82. The number of anilines is 2. The molecule has 24 heavy (non-hydrogen) atoms. The first kappa shape index (κ1) is 14.6. The lowest BCUT2D eigenvalue weighted by atomic mass is 10.2. The predicted molar refractivity (Wildman–Crippen MR) is 89.4 cm³/mol. The van der Waals surface area contributed by atoms with Crippen molar-refractivity contribution in [2.45, 2.75) is 6.92 Å². The summed E-state index contributed by atoms with van der Waals surface area (Å²) < 4.78 is 3.10. The quantitative estimate of drug-likeness (QED) is 0.647. The summed E-state index contributed by atoms with van der Waals surface area (Å²) in [5.41, 5.74) is 1.70. The molecule has 0 saturated carbocycles. The molecule has 0 bridgehead atoms. The molecule has 1 aliphatic rings. The van der Waals surface area contributed by atoms with Crippen LogP contribution in [0.15, 0.2) is 29.5 Å². The van der Waals surface area contributed by atoms with Gasteiger partial charge in [-0.05, 0) is 6.92 Å². The van der Waals surface area contributed by atoms with Crippen LogP contribution in [0.1, 0.15) is 5.69 Å². The maximum Gasteiger partial charge on any atom is 0.268 e. The number of aryl methyl sites for hydroxylation is 2. The van der Waals surface area contributed by atoms with Crippen LogP contribution < -0.4 is 15.4 Å². The van der Waals surface area contributed by atoms with E-state index in [9.17, 15) is 4.79 Å². The maximum atomic E-state index is 11.8. The third kappa shape index (κ3) is 2.47. The third-order valence-corrected chi connectivity index (χ3v) is 4.28. The van der Waals surface area contributed by atoms with E-state index in [1.807, 2.05) is 13.0 Å². The van der Waals surface area contributed by atoms with Crippen LogP contribution in [0.25, 0.3) is 5.78 Å². The number of piperazine rings is 1. The van der Waals surface area contributed by atoms with Gasteiger partial charge in [0.25, 0.3) is 11.3 Å². The molecular weight excluding hydrogens is 308 g/mol. The van der Waals surface area contributed by atoms with Gasteiger partial charge in [0, 0.05) is 51.1 Å². The van der Waals surface area contributed by atoms with E-state index in [-0.39, 0.29) is 5.56 Å². The Hall–Kier alpha value is -2.97. The molecule has 1 fully saturated rings. The van der Waals surface area contributed by atoms with E-state index in [2.05, 4.69) is 30.0 Å². The second kappa shape index (κ2) is 5.59. The molecule has 0 spiro atoms. The Balaban J connectivity index is 1.56. The molecule has 9 heteroatoms. The number of fused-ring (bicyclic) bond motifs is 1. The second-order valence-corrected chi connectivity index (χ2v) is 5.88. The summed E-state index contributed by atoms with van der Waals surface area (Å²) in [5, 5.41) is 8.36. The summed E-state index contributed by atoms with van der Waals surface area (Å²) in [5.74, 6) is 1.61. The lowest BCUT2D eigenvalue weighted by Crippen LogP contribution is -2.47. The monoisotopic (exact) mass is 326 g/mol. The zero-order valence-electron chi connectivity index (χ0n) is 13.6. The zero-order chi connectivity index (χ0) is 16.7. The van der Waals surface area contributed by atoms with Crippen molar-refractivity contribution in [1.82, 2.24) is 29.4 Å². The van der Waals surface area contributed by atoms with Crippen LogP contribution >= 0.6 is 0 Å². The van der Waals surface area contributed by atoms with Crippen molar-refractivity contribution < 1.29 is 0 Å². The first-order chi connectivity index (χ1) is 11.6. The van der Waals surface area contributed by atoms with E-state index < -0.39 is 0 Å². The van der Waals surface area contributed by atoms with Gasteiger partial charge in [0.05, 0.1) is 11.9 Å². The molecule has 3 aromatic rings. The SMILES string of the molecule is Cc1cc(N2CCN(c3cnn(C)c(=O)c3)CC2)n2ncnc2n1. The van der Waals surface area contributed by atoms with Crippen LogP contribution in [0, 0.1) is 6.92 Å². The fourth-order valence-electron chi connectivity index (χ4n) is 2.96. The molecule has 124 valence electrons. The highest BCUT2D eigenvalue weighted by Gasteiger charge is 2.21. The van der Waals surface area contributed by atoms with Crippen LogP contribution in [0.3, 0.4) is 0 Å². The Bertz CT molecular complexity index is 938. The van der Waals surface area contributed by atoms with E-state index in [1.54, 1.807) is 23.8 Å². The summed E-state index contributed by atoms with van der Waals surface area (Å²) in [6.45, 7) is 5.24. The molecule has 4 heterocycles. The summed E-state index contributed by atoms with van der Waals surface area (Å²) in [6.07, 6.45) is 3.26. The number of nitrogens with zero attached hydrogens (tertiary/aromatic N) is 8. The largest absolute Gasteiger partial charge is 0.367 e. The van der Waals surface area contributed by atoms with Crippen LogP contribution in [-0.4, -0.2) is 55.5 Å². The fourth-order valence-corrected chi connectivity index (χ4v) is 2.96. The van der Waals surface area contributed by atoms with E-state index in [0.717, 1.165) is 43.4 Å². The maximum absolute atomic E-state index is 11.8. The molecular formula is C15H18N8O. The van der Waals surface area contributed by atoms with Gasteiger partial charge in [-0.2, -0.15) is 19.7 Å². The number of hydrogen-bond donors (Lipinski definition) is 0. The van der Waals surface area contributed by atoms with E-state index in [0.29, 0.717) is 5.78 Å². The average molecular weight is 326 g/mol. The van der Waals surface area contributed by atoms with Crippen molar-refractivity contribution in [3.63, 3.8) is 0 Å². The highest BCUT2D eigenvalue weighted by Crippen LogP contribution is 2.20. The number of hydrogen-bond acceptors (Lipinski definition) is 7. The van der Waals surface area contributed by atoms with Crippen molar-refractivity contribution in [2.24, 2.45) is 7.05 Å². The highest BCUT2D eigenvalue weighted by molar-refractivity contribution is 5.50. The summed E-state index contributed by atoms with van der Waals surface area (Å²) in [4.78, 5) is 24.8. The van der Waals surface area contributed by atoms with Crippen molar-refractivity contribution in [1.29, 1.82) is 0 Å². The van der Waals surface area contributed by atoms with Crippen molar-refractivity contribution in [3.8, 4) is 0 Å². The lowest BCUT2D eigenvalue weighted by molar-refractivity contribution is 0.631. The van der Waals surface area contributed by atoms with E-state index in [1.165, 1.54) is 11.0 Å². The fraction of sp³-hybridized carbons (Fsp3) is 0.400. The smallest absolute Gasteiger partial charge is 0.268 e. The van der Waals surface area contributed by atoms with Crippen LogP contribution in [0.5, 0.6) is 0 Å². The Morgan fingerprint density at radius 3 is 2.54 bits per heavy atom. The molecule has 9 nitrogen and oxygen atoms in total. The number of rotatable bonds is 2. The molecule has 0 radical (unpaired) electrons. The predicted octanol–water partition coefficient (Wildman–Crippen LogP) is -0.147. The van der Waals surface area contributed by atoms with Gasteiger partial charge in [-0.1, -0.05) is 0 Å². The molecule has 0 amide bonds. The molecule has 0 aliphatic carbocycles. The Morgan fingerprint density at radius 1 is 1.04 bits per heavy atom. The van der Waals surface area contributed by atoms with Crippen LogP contribution in [-0.2, 0) is 7.05 Å². The minimum atomic E-state index is -0.0935. The van der Waals surface area contributed by atoms with Gasteiger partial charge in [0.15, 0.2) is 0 Å². The zero-order valence-corrected chi connectivity index (χ0v) is 13.6. The van der Waals surface area contributed by atoms with Crippen LogP contribution in [0.2, 0.25) is 0 Å². The van der Waals surface area contributed by atoms with Crippen molar-refractivity contribution in [2.75, 3.05) is 36.0 Å².